The topological polar surface area (TPSA) is 474 Å². The number of nitrogen functional groups attached to an aromatic ring is 2. The number of aromatic nitrogens is 8. The lowest BCUT2D eigenvalue weighted by atomic mass is 10.1. The number of nitrogens with two attached hydrogens (primary N) is 2. The summed E-state index contributed by atoms with van der Waals surface area (Å²) in [5.74, 6) is -0.680. The number of fused-ring (bicyclic) bond motifs is 2. The summed E-state index contributed by atoms with van der Waals surface area (Å²) in [4.78, 5) is 83.4. The predicted molar refractivity (Wildman–Crippen MR) is 171 cm³/mol. The maximum atomic E-state index is 12.4. The summed E-state index contributed by atoms with van der Waals surface area (Å²) >= 11 is 0. The molecular formula is C20H28N10O21P4. The Hall–Kier alpha value is -3.38. The van der Waals surface area contributed by atoms with Crippen molar-refractivity contribution in [3.63, 3.8) is 0 Å². The number of rotatable bonds is 14. The highest BCUT2D eigenvalue weighted by Gasteiger charge is 2.50. The molecule has 6 heterocycles. The number of ether oxygens (including phenoxy) is 2. The number of imidazole rings is 2. The van der Waals surface area contributed by atoms with Crippen LogP contribution in [-0.4, -0.2) is 129 Å². The van der Waals surface area contributed by atoms with Crippen LogP contribution in [-0.2, 0) is 49.7 Å². The van der Waals surface area contributed by atoms with Gasteiger partial charge in [0.1, 0.15) is 36.6 Å². The average Bonchev–Trinajstić information content (AvgIpc) is 3.79. The van der Waals surface area contributed by atoms with Crippen molar-refractivity contribution in [2.24, 2.45) is 0 Å². The zero-order chi connectivity index (χ0) is 40.4. The van der Waals surface area contributed by atoms with E-state index in [0.29, 0.717) is 0 Å². The van der Waals surface area contributed by atoms with Crippen LogP contribution in [0.25, 0.3) is 22.3 Å². The Morgan fingerprint density at radius 1 is 0.636 bits per heavy atom. The monoisotopic (exact) mass is 868 g/mol. The molecule has 4 unspecified atom stereocenters. The molecular weight excluding hydrogens is 840 g/mol. The van der Waals surface area contributed by atoms with E-state index in [2.05, 4.69) is 51.9 Å². The fourth-order valence-corrected chi connectivity index (χ4v) is 10.2. The van der Waals surface area contributed by atoms with Crippen LogP contribution >= 0.6 is 31.3 Å². The molecule has 4 aromatic heterocycles. The first-order chi connectivity index (χ1) is 25.5. The van der Waals surface area contributed by atoms with Crippen molar-refractivity contribution in [3.05, 3.63) is 33.4 Å². The second-order valence-corrected chi connectivity index (χ2v) is 17.6. The van der Waals surface area contributed by atoms with Gasteiger partial charge in [0.05, 0.1) is 25.9 Å². The molecule has 2 aliphatic heterocycles. The highest BCUT2D eigenvalue weighted by atomic mass is 31.3. The van der Waals surface area contributed by atoms with E-state index in [0.717, 1.165) is 21.8 Å². The Balaban J connectivity index is 1.02. The molecule has 2 saturated heterocycles. The number of H-pyrrole nitrogens is 2. The molecule has 2 fully saturated rings. The van der Waals surface area contributed by atoms with Crippen molar-refractivity contribution >= 4 is 65.5 Å². The summed E-state index contributed by atoms with van der Waals surface area (Å²) in [6.45, 7) is -2.36. The maximum absolute atomic E-state index is 12.4. The largest absolute Gasteiger partial charge is 0.490 e. The van der Waals surface area contributed by atoms with Gasteiger partial charge in [-0.15, -0.1) is 0 Å². The van der Waals surface area contributed by atoms with Crippen molar-refractivity contribution < 1.29 is 89.7 Å². The Bertz CT molecular complexity index is 2260. The first-order valence-corrected chi connectivity index (χ1v) is 20.7. The summed E-state index contributed by atoms with van der Waals surface area (Å²) in [6, 6.07) is 0. The summed E-state index contributed by atoms with van der Waals surface area (Å²) in [7, 11) is -24.2. The van der Waals surface area contributed by atoms with Crippen LogP contribution < -0.4 is 22.6 Å². The number of hydrogen-bond acceptors (Lipinski definition) is 23. The minimum Gasteiger partial charge on any atom is -0.387 e. The lowest BCUT2D eigenvalue weighted by molar-refractivity contribution is -0.0505. The molecule has 12 atom stereocenters. The number of phosphoric ester groups is 2. The molecule has 0 amide bonds. The molecule has 31 nitrogen and oxygen atoms in total. The fraction of sp³-hybridized carbons (Fsp3) is 0.500. The van der Waals surface area contributed by atoms with E-state index >= 15 is 0 Å². The molecule has 2 aliphatic rings. The van der Waals surface area contributed by atoms with Gasteiger partial charge in [0.25, 0.3) is 11.1 Å². The Morgan fingerprint density at radius 2 is 0.982 bits per heavy atom. The van der Waals surface area contributed by atoms with Crippen LogP contribution in [0.5, 0.6) is 0 Å². The van der Waals surface area contributed by atoms with Crippen LogP contribution in [0, 0.1) is 0 Å². The van der Waals surface area contributed by atoms with E-state index in [9.17, 15) is 67.8 Å². The average molecular weight is 868 g/mol. The van der Waals surface area contributed by atoms with E-state index < -0.39 is 105 Å². The van der Waals surface area contributed by atoms with Gasteiger partial charge in [-0.05, 0) is 0 Å². The van der Waals surface area contributed by atoms with Crippen LogP contribution in [0.2, 0.25) is 0 Å². The second kappa shape index (κ2) is 14.8. The molecule has 0 aliphatic carbocycles. The lowest BCUT2D eigenvalue weighted by Crippen LogP contribution is -2.33. The van der Waals surface area contributed by atoms with Crippen molar-refractivity contribution in [3.8, 4) is 0 Å². The van der Waals surface area contributed by atoms with E-state index in [1.54, 1.807) is 0 Å². The van der Waals surface area contributed by atoms with Gasteiger partial charge in [-0.2, -0.15) is 22.9 Å². The predicted octanol–water partition coefficient (Wildman–Crippen LogP) is -3.86. The maximum Gasteiger partial charge on any atom is 0.490 e. The molecule has 6 rings (SSSR count). The van der Waals surface area contributed by atoms with Crippen LogP contribution in [0.3, 0.4) is 0 Å². The van der Waals surface area contributed by atoms with Gasteiger partial charge < -0.3 is 60.9 Å². The Morgan fingerprint density at radius 3 is 1.35 bits per heavy atom. The highest BCUT2D eigenvalue weighted by molar-refractivity contribution is 7.69. The zero-order valence-electron chi connectivity index (χ0n) is 26.7. The summed E-state index contributed by atoms with van der Waals surface area (Å²) < 4.78 is 82.9. The van der Waals surface area contributed by atoms with E-state index in [1.165, 1.54) is 0 Å². The minimum atomic E-state index is -6.25. The number of nitrogens with zero attached hydrogens (tertiary/aromatic N) is 6. The number of anilines is 2. The summed E-state index contributed by atoms with van der Waals surface area (Å²) in [5.41, 5.74) is 8.68. The van der Waals surface area contributed by atoms with Gasteiger partial charge >= 0.3 is 31.3 Å². The molecule has 0 saturated carbocycles. The molecule has 304 valence electrons. The first-order valence-electron chi connectivity index (χ1n) is 14.7. The van der Waals surface area contributed by atoms with Crippen molar-refractivity contribution in [2.45, 2.75) is 49.1 Å². The quantitative estimate of drug-likeness (QED) is 0.0540. The minimum absolute atomic E-state index is 0.192. The number of phosphoric acid groups is 4. The molecule has 4 aromatic rings. The van der Waals surface area contributed by atoms with Crippen molar-refractivity contribution in [1.82, 2.24) is 39.0 Å². The SMILES string of the molecule is Nc1nc2c(ncn2[C@@H]2O[C@H](COP(=O)(O)OP(=O)(O)OP(=O)(O)OP(=O)(O)OC[C@@H]3O[C@H](n4cnc5c(=O)[nH]c(N)nc54)[C@H](O)[C@@H]3O)[C@H](O)[C@H]2O)c(=O)[nH]1. The normalized spacial score (nSPS) is 30.3. The molecule has 0 spiro atoms. The molecule has 0 aromatic carbocycles. The third-order valence-electron chi connectivity index (χ3n) is 7.55. The van der Waals surface area contributed by atoms with Crippen molar-refractivity contribution in [2.75, 3.05) is 24.7 Å². The van der Waals surface area contributed by atoms with E-state index in [-0.39, 0.29) is 34.2 Å². The molecule has 35 heteroatoms. The van der Waals surface area contributed by atoms with E-state index in [1.807, 2.05) is 0 Å². The lowest BCUT2D eigenvalue weighted by Gasteiger charge is -2.21. The molecule has 0 bridgehead atoms. The number of aliphatic hydroxyl groups excluding tert-OH is 4. The molecule has 0 radical (unpaired) electrons. The van der Waals surface area contributed by atoms with Crippen LogP contribution in [0.4, 0.5) is 11.9 Å². The van der Waals surface area contributed by atoms with Crippen LogP contribution in [0.1, 0.15) is 12.5 Å². The highest BCUT2D eigenvalue weighted by Crippen LogP contribution is 2.71. The number of hydrogen-bond donors (Lipinski definition) is 12. The summed E-state index contributed by atoms with van der Waals surface area (Å²) in [6.07, 6.45) is -11.9. The van der Waals surface area contributed by atoms with Gasteiger partial charge in [0, 0.05) is 0 Å². The Labute approximate surface area is 301 Å². The summed E-state index contributed by atoms with van der Waals surface area (Å²) in [5, 5.41) is 41.8. The number of nitrogens with one attached hydrogen (secondary N) is 2. The zero-order valence-corrected chi connectivity index (χ0v) is 30.3. The third kappa shape index (κ3) is 8.80. The van der Waals surface area contributed by atoms with Crippen LogP contribution in [0.15, 0.2) is 22.2 Å². The number of aliphatic hydroxyl groups is 4. The standard InChI is InChI=1S/C20H28N10O21P4/c21-19-25-13-7(15(35)27-19)23-3-29(13)17-11(33)9(31)5(47-17)1-45-52(37,38)49-54(41,42)51-55(43,44)50-53(39,40)46-2-6-10(32)12(34)18(48-6)30-4-24-8-14(30)26-20(22)28-16(8)36/h3-6,9-12,17-18,31-34H,1-2H2,(H,37,38)(H,39,40)(H,41,42)(H,43,44)(H3,21,25,27,35)(H3,22,26,28,36)/t5-,6+,9+,10-,11-,12-,17-,18+/m1/s1. The van der Waals surface area contributed by atoms with Gasteiger partial charge in [-0.1, -0.05) is 0 Å². The van der Waals surface area contributed by atoms with E-state index in [4.69, 9.17) is 20.9 Å². The molecule has 55 heavy (non-hydrogen) atoms. The Kier molecular flexibility index (Phi) is 11.1. The van der Waals surface area contributed by atoms with Gasteiger partial charge in [0.15, 0.2) is 34.8 Å². The van der Waals surface area contributed by atoms with Crippen molar-refractivity contribution in [1.29, 1.82) is 0 Å². The second-order valence-electron chi connectivity index (χ2n) is 11.4. The van der Waals surface area contributed by atoms with Gasteiger partial charge in [0.2, 0.25) is 11.9 Å². The fourth-order valence-electron chi connectivity index (χ4n) is 5.26. The molecule has 14 N–H and O–H groups in total. The third-order valence-corrected chi connectivity index (χ3v) is 13.5. The first kappa shape index (κ1) is 41.3. The van der Waals surface area contributed by atoms with Gasteiger partial charge in [-0.25, -0.2) is 28.2 Å². The smallest absolute Gasteiger partial charge is 0.387 e. The van der Waals surface area contributed by atoms with Gasteiger partial charge in [-0.3, -0.25) is 37.7 Å². The number of aromatic amines is 2.